The number of nitrogens with zero attached hydrogens (tertiary/aromatic N) is 3. The number of ether oxygens (including phenoxy) is 5. The molecule has 19 nitrogen and oxygen atoms in total. The van der Waals surface area contributed by atoms with Gasteiger partial charge in [0, 0.05) is 18.1 Å². The number of esters is 3. The highest BCUT2D eigenvalue weighted by molar-refractivity contribution is 8.00. The van der Waals surface area contributed by atoms with E-state index in [1.807, 2.05) is 0 Å². The van der Waals surface area contributed by atoms with E-state index in [0.717, 1.165) is 16.2 Å². The Balaban J connectivity index is 1.57. The lowest BCUT2D eigenvalue weighted by molar-refractivity contribution is -0.173. The second-order valence-corrected chi connectivity index (χ2v) is 13.6. The molecule has 21 heteroatoms. The van der Waals surface area contributed by atoms with Crippen LogP contribution in [0.4, 0.5) is 9.93 Å². The van der Waals surface area contributed by atoms with Crippen molar-refractivity contribution in [1.82, 2.24) is 15.2 Å². The highest BCUT2D eigenvalue weighted by atomic mass is 32.2. The van der Waals surface area contributed by atoms with Gasteiger partial charge in [0.05, 0.1) is 0 Å². The van der Waals surface area contributed by atoms with Gasteiger partial charge in [-0.3, -0.25) is 24.1 Å². The molecule has 0 spiro atoms. The fraction of sp³-hybridized carbons (Fsp3) is 0.586. The van der Waals surface area contributed by atoms with E-state index in [1.165, 1.54) is 37.3 Å². The summed E-state index contributed by atoms with van der Waals surface area (Å²) in [6.07, 6.45) is -2.76. The zero-order chi connectivity index (χ0) is 37.3. The Morgan fingerprint density at radius 2 is 1.60 bits per heavy atom. The van der Waals surface area contributed by atoms with E-state index in [-0.39, 0.29) is 39.8 Å². The van der Waals surface area contributed by atoms with Crippen LogP contribution in [0, 0.1) is 11.8 Å². The third kappa shape index (κ3) is 10.3. The quantitative estimate of drug-likeness (QED) is 0.0427. The first kappa shape index (κ1) is 40.0. The van der Waals surface area contributed by atoms with Gasteiger partial charge in [0.25, 0.3) is 11.8 Å². The van der Waals surface area contributed by atoms with Crippen molar-refractivity contribution in [3.63, 3.8) is 0 Å². The molecular formula is C29H41N7O12S2. The average molecular weight is 744 g/mol. The number of nitrogens with two attached hydrogens (primary N) is 3. The molecule has 3 rings (SSSR count). The Kier molecular flexibility index (Phi) is 14.4. The standard InChI is InChI=1S/C29H41N7O12S2/c1-12(2)18(30)26(40)44-9-15(10-45-27(41)19(31)13(3)4)48-29(42)47-14(5)46-25(39)17-7-8-49-24-21(23(38)36(17)24)34-22(37)20(35-43-6)16-11-50-28(32)33-16/h7,11-15,18-19,21,24H,8-10,30-31H2,1-6H3,(H2,32,33)(H,34,37)/b35-20-/t14?,18-,19-,21+,24?/m0/s1. The molecule has 1 aromatic heterocycles. The number of thioether (sulfide) groups is 1. The molecular weight excluding hydrogens is 702 g/mol. The Morgan fingerprint density at radius 3 is 2.12 bits per heavy atom. The van der Waals surface area contributed by atoms with Gasteiger partial charge in [-0.05, 0) is 17.9 Å². The third-order valence-corrected chi connectivity index (χ3v) is 8.96. The summed E-state index contributed by atoms with van der Waals surface area (Å²) in [5, 5.41) is 7.32. The monoisotopic (exact) mass is 743 g/mol. The number of hydrogen-bond donors (Lipinski definition) is 4. The number of rotatable bonds is 16. The van der Waals surface area contributed by atoms with Crippen molar-refractivity contribution in [3.8, 4) is 0 Å². The molecule has 2 aliphatic heterocycles. The van der Waals surface area contributed by atoms with Crippen LogP contribution in [0.3, 0.4) is 0 Å². The predicted molar refractivity (Wildman–Crippen MR) is 178 cm³/mol. The summed E-state index contributed by atoms with van der Waals surface area (Å²) in [5.41, 5.74) is 17.1. The maximum Gasteiger partial charge on any atom is 0.511 e. The lowest BCUT2D eigenvalue weighted by atomic mass is 10.0. The van der Waals surface area contributed by atoms with Gasteiger partial charge in [-0.25, -0.2) is 14.6 Å². The maximum atomic E-state index is 13.1. The van der Waals surface area contributed by atoms with E-state index in [2.05, 4.69) is 15.5 Å². The third-order valence-electron chi connectivity index (χ3n) is 7.11. The molecule has 0 radical (unpaired) electrons. The van der Waals surface area contributed by atoms with Crippen molar-refractivity contribution in [2.24, 2.45) is 28.5 Å². The molecule has 2 amide bonds. The van der Waals surface area contributed by atoms with Crippen LogP contribution in [-0.2, 0) is 52.5 Å². The Hall–Kier alpha value is -4.47. The molecule has 0 saturated carbocycles. The molecule has 2 unspecified atom stereocenters. The summed E-state index contributed by atoms with van der Waals surface area (Å²) in [5.74, 6) is -4.12. The van der Waals surface area contributed by atoms with E-state index in [1.54, 1.807) is 27.7 Å². The van der Waals surface area contributed by atoms with Crippen LogP contribution in [0.1, 0.15) is 40.3 Å². The highest BCUT2D eigenvalue weighted by Gasteiger charge is 2.53. The van der Waals surface area contributed by atoms with Gasteiger partial charge < -0.3 is 51.0 Å². The van der Waals surface area contributed by atoms with Gasteiger partial charge >= 0.3 is 24.1 Å². The minimum Gasteiger partial charge on any atom is -0.460 e. The Labute approximate surface area is 295 Å². The maximum absolute atomic E-state index is 13.1. The van der Waals surface area contributed by atoms with Crippen molar-refractivity contribution < 1.29 is 57.3 Å². The number of thiazole rings is 1. The fourth-order valence-corrected chi connectivity index (χ4v) is 5.91. The highest BCUT2D eigenvalue weighted by Crippen LogP contribution is 2.38. The summed E-state index contributed by atoms with van der Waals surface area (Å²) >= 11 is 2.36. The van der Waals surface area contributed by atoms with E-state index in [0.29, 0.717) is 0 Å². The van der Waals surface area contributed by atoms with E-state index in [9.17, 15) is 28.8 Å². The SMILES string of the molecule is CO/N=C(\C(=O)N[C@@H]1C(=O)N2C(C(=O)OC(C)OC(=O)OC(COC(=O)[C@@H](N)C(C)C)COC(=O)[C@@H](N)C(C)C)=CCSC12)c1csc(N)n1. The molecule has 2 aliphatic rings. The molecule has 276 valence electrons. The summed E-state index contributed by atoms with van der Waals surface area (Å²) in [7, 11) is 1.24. The number of aromatic nitrogens is 1. The van der Waals surface area contributed by atoms with Gasteiger partial charge in [-0.2, -0.15) is 0 Å². The number of anilines is 1. The molecule has 50 heavy (non-hydrogen) atoms. The van der Waals surface area contributed by atoms with Crippen LogP contribution < -0.4 is 22.5 Å². The van der Waals surface area contributed by atoms with Gasteiger partial charge in [0.2, 0.25) is 6.29 Å². The van der Waals surface area contributed by atoms with Gasteiger partial charge in [0.15, 0.2) is 16.9 Å². The van der Waals surface area contributed by atoms with Crippen LogP contribution >= 0.6 is 23.1 Å². The zero-order valence-corrected chi connectivity index (χ0v) is 29.8. The number of nitrogen functional groups attached to an aromatic ring is 1. The van der Waals surface area contributed by atoms with Crippen molar-refractivity contribution >= 4 is 69.8 Å². The Bertz CT molecular complexity index is 1470. The minimum absolute atomic E-state index is 0.134. The molecule has 0 aliphatic carbocycles. The number of carbonyl (C=O) groups is 6. The van der Waals surface area contributed by atoms with Crippen molar-refractivity contribution in [2.75, 3.05) is 31.8 Å². The first-order valence-electron chi connectivity index (χ1n) is 15.3. The largest absolute Gasteiger partial charge is 0.511 e. The lowest BCUT2D eigenvalue weighted by Gasteiger charge is -2.48. The number of amides is 2. The fourth-order valence-electron chi connectivity index (χ4n) is 4.17. The van der Waals surface area contributed by atoms with Crippen molar-refractivity contribution in [1.29, 1.82) is 0 Å². The molecule has 1 aromatic rings. The van der Waals surface area contributed by atoms with Crippen LogP contribution in [0.2, 0.25) is 0 Å². The van der Waals surface area contributed by atoms with E-state index in [4.69, 9.17) is 45.7 Å². The number of β-lactam (4-membered cyclic amide) rings is 1. The first-order valence-corrected chi connectivity index (χ1v) is 17.2. The smallest absolute Gasteiger partial charge is 0.460 e. The second-order valence-electron chi connectivity index (χ2n) is 11.5. The predicted octanol–water partition coefficient (Wildman–Crippen LogP) is -0.176. The molecule has 0 aromatic carbocycles. The summed E-state index contributed by atoms with van der Waals surface area (Å²) in [6, 6.07) is -2.93. The van der Waals surface area contributed by atoms with Crippen LogP contribution in [0.25, 0.3) is 0 Å². The number of fused-ring (bicyclic) bond motifs is 1. The van der Waals surface area contributed by atoms with E-state index < -0.39 is 85.0 Å². The number of oxime groups is 1. The number of nitrogens with one attached hydrogen (secondary N) is 1. The second kappa shape index (κ2) is 18.0. The molecule has 0 bridgehead atoms. The van der Waals surface area contributed by atoms with Crippen LogP contribution in [-0.4, -0.2) is 113 Å². The Morgan fingerprint density at radius 1 is 1.00 bits per heavy atom. The van der Waals surface area contributed by atoms with Crippen molar-refractivity contribution in [2.45, 2.75) is 70.5 Å². The van der Waals surface area contributed by atoms with Crippen molar-refractivity contribution in [3.05, 3.63) is 22.8 Å². The summed E-state index contributed by atoms with van der Waals surface area (Å²) in [4.78, 5) is 86.1. The molecule has 7 N–H and O–H groups in total. The molecule has 3 heterocycles. The molecule has 1 fully saturated rings. The van der Waals surface area contributed by atoms with Crippen LogP contribution in [0.5, 0.6) is 0 Å². The van der Waals surface area contributed by atoms with Gasteiger partial charge in [-0.15, -0.1) is 23.1 Å². The normalized spacial score (nSPS) is 19.0. The van der Waals surface area contributed by atoms with Crippen LogP contribution in [0.15, 0.2) is 22.3 Å². The summed E-state index contributed by atoms with van der Waals surface area (Å²) < 4.78 is 25.7. The number of carbonyl (C=O) groups excluding carboxylic acids is 6. The first-order chi connectivity index (χ1) is 23.5. The molecule has 5 atom stereocenters. The van der Waals surface area contributed by atoms with E-state index >= 15 is 0 Å². The molecule has 1 saturated heterocycles. The minimum atomic E-state index is -1.52. The summed E-state index contributed by atoms with van der Waals surface area (Å²) in [6.45, 7) is 6.99. The van der Waals surface area contributed by atoms with Gasteiger partial charge in [-0.1, -0.05) is 32.9 Å². The zero-order valence-electron chi connectivity index (χ0n) is 28.2. The van der Waals surface area contributed by atoms with Gasteiger partial charge in [0.1, 0.15) is 55.2 Å². The topological polar surface area (TPSA) is 276 Å². The lowest BCUT2D eigenvalue weighted by Crippen LogP contribution is -2.70. The average Bonchev–Trinajstić information content (AvgIpc) is 3.50. The number of hydrogen-bond acceptors (Lipinski definition) is 19.